The highest BCUT2D eigenvalue weighted by Gasteiger charge is 2.22. The summed E-state index contributed by atoms with van der Waals surface area (Å²) in [5.41, 5.74) is 2.02. The third-order valence-electron chi connectivity index (χ3n) is 2.22. The molecule has 1 aromatic carbocycles. The number of carbonyl (C=O) groups excluding carboxylic acids is 1. The minimum atomic E-state index is -0.607. The summed E-state index contributed by atoms with van der Waals surface area (Å²) in [5.74, 6) is -0.411. The van der Waals surface area contributed by atoms with Gasteiger partial charge >= 0.3 is 5.69 Å². The fourth-order valence-electron chi connectivity index (χ4n) is 1.39. The monoisotopic (exact) mass is 268 g/mol. The molecule has 0 aromatic heterocycles. The van der Waals surface area contributed by atoms with Crippen molar-refractivity contribution in [2.24, 2.45) is 5.92 Å². The summed E-state index contributed by atoms with van der Waals surface area (Å²) in [6, 6.07) is 4.11. The first-order valence-corrected chi connectivity index (χ1v) is 5.71. The number of hydroxylamine groups is 1. The normalized spacial score (nSPS) is 10.3. The van der Waals surface area contributed by atoms with Crippen LogP contribution in [0.5, 0.6) is 5.75 Å². The molecule has 0 bridgehead atoms. The summed E-state index contributed by atoms with van der Waals surface area (Å²) in [6.45, 7) is 4.21. The first kappa shape index (κ1) is 14.9. The lowest BCUT2D eigenvalue weighted by Gasteiger charge is -2.10. The zero-order valence-corrected chi connectivity index (χ0v) is 11.0. The Balaban J connectivity index is 2.90. The maximum absolute atomic E-state index is 11.8. The van der Waals surface area contributed by atoms with E-state index < -0.39 is 10.8 Å². The molecule has 0 saturated heterocycles. The van der Waals surface area contributed by atoms with Crippen LogP contribution in [0.1, 0.15) is 24.2 Å². The van der Waals surface area contributed by atoms with Crippen LogP contribution in [0, 0.1) is 16.0 Å². The van der Waals surface area contributed by atoms with Gasteiger partial charge in [0.25, 0.3) is 5.91 Å². The zero-order chi connectivity index (χ0) is 14.4. The number of nitro benzene ring substituents is 1. The van der Waals surface area contributed by atoms with Gasteiger partial charge in [0, 0.05) is 6.07 Å². The zero-order valence-electron chi connectivity index (χ0n) is 11.0. The molecule has 7 nitrogen and oxygen atoms in total. The van der Waals surface area contributed by atoms with Gasteiger partial charge < -0.3 is 4.74 Å². The second-order valence-electron chi connectivity index (χ2n) is 4.25. The first-order valence-electron chi connectivity index (χ1n) is 5.71. The number of para-hydroxylation sites is 1. The van der Waals surface area contributed by atoms with Gasteiger partial charge in [-0.1, -0.05) is 19.9 Å². The number of methoxy groups -OCH3 is 1. The largest absolute Gasteiger partial charge is 0.490 e. The molecule has 0 aliphatic carbocycles. The van der Waals surface area contributed by atoms with Crippen LogP contribution < -0.4 is 10.2 Å². The second kappa shape index (κ2) is 6.69. The van der Waals surface area contributed by atoms with Crippen LogP contribution >= 0.6 is 0 Å². The Morgan fingerprint density at radius 1 is 1.47 bits per heavy atom. The Hall–Kier alpha value is -2.15. The van der Waals surface area contributed by atoms with Gasteiger partial charge in [-0.15, -0.1) is 0 Å². The van der Waals surface area contributed by atoms with Crippen molar-refractivity contribution in [1.82, 2.24) is 5.48 Å². The van der Waals surface area contributed by atoms with E-state index in [9.17, 15) is 14.9 Å². The number of nitrogens with zero attached hydrogens (tertiary/aromatic N) is 1. The van der Waals surface area contributed by atoms with Crippen LogP contribution in [-0.4, -0.2) is 24.5 Å². The number of hydrogen-bond donors (Lipinski definition) is 1. The molecule has 0 fully saturated rings. The minimum absolute atomic E-state index is 0.0560. The molecule has 1 rings (SSSR count). The van der Waals surface area contributed by atoms with E-state index in [2.05, 4.69) is 5.48 Å². The Bertz CT molecular complexity index is 473. The summed E-state index contributed by atoms with van der Waals surface area (Å²) < 4.78 is 4.93. The number of ether oxygens (including phenoxy) is 1. The third-order valence-corrected chi connectivity index (χ3v) is 2.22. The number of nitro groups is 1. The van der Waals surface area contributed by atoms with Crippen molar-refractivity contribution < 1.29 is 19.3 Å². The molecule has 1 aromatic rings. The smallest absolute Gasteiger partial charge is 0.311 e. The molecule has 19 heavy (non-hydrogen) atoms. The quantitative estimate of drug-likeness (QED) is 0.628. The number of carbonyl (C=O) groups is 1. The van der Waals surface area contributed by atoms with Crippen molar-refractivity contribution in [3.8, 4) is 5.75 Å². The Kier molecular flexibility index (Phi) is 5.25. The summed E-state index contributed by atoms with van der Waals surface area (Å²) in [7, 11) is 1.27. The molecule has 0 aliphatic rings. The van der Waals surface area contributed by atoms with Crippen LogP contribution in [-0.2, 0) is 4.84 Å². The van der Waals surface area contributed by atoms with Crippen molar-refractivity contribution in [2.45, 2.75) is 13.8 Å². The average molecular weight is 268 g/mol. The van der Waals surface area contributed by atoms with E-state index in [1.54, 1.807) is 0 Å². The van der Waals surface area contributed by atoms with Gasteiger partial charge in [0.05, 0.1) is 24.2 Å². The van der Waals surface area contributed by atoms with Crippen molar-refractivity contribution >= 4 is 11.6 Å². The van der Waals surface area contributed by atoms with Crippen molar-refractivity contribution in [2.75, 3.05) is 13.7 Å². The third kappa shape index (κ3) is 3.92. The van der Waals surface area contributed by atoms with Gasteiger partial charge in [-0.05, 0) is 12.0 Å². The average Bonchev–Trinajstić information content (AvgIpc) is 2.36. The van der Waals surface area contributed by atoms with Gasteiger partial charge in [-0.3, -0.25) is 19.7 Å². The fraction of sp³-hybridized carbons (Fsp3) is 0.417. The maximum atomic E-state index is 11.8. The van der Waals surface area contributed by atoms with Crippen LogP contribution in [0.2, 0.25) is 0 Å². The van der Waals surface area contributed by atoms with Crippen LogP contribution in [0.4, 0.5) is 5.69 Å². The molecular weight excluding hydrogens is 252 g/mol. The lowest BCUT2D eigenvalue weighted by molar-refractivity contribution is -0.385. The highest BCUT2D eigenvalue weighted by molar-refractivity contribution is 5.97. The second-order valence-corrected chi connectivity index (χ2v) is 4.25. The molecule has 0 atom stereocenters. The van der Waals surface area contributed by atoms with E-state index in [0.717, 1.165) is 0 Å². The SMILES string of the molecule is COc1c(C(=O)NOCC(C)C)cccc1[N+](=O)[O-]. The standard InChI is InChI=1S/C12H16N2O5/c1-8(2)7-19-13-12(15)9-5-4-6-10(14(16)17)11(9)18-3/h4-6,8H,7H2,1-3H3,(H,13,15). The highest BCUT2D eigenvalue weighted by Crippen LogP contribution is 2.30. The number of hydrogen-bond acceptors (Lipinski definition) is 5. The lowest BCUT2D eigenvalue weighted by atomic mass is 10.1. The van der Waals surface area contributed by atoms with Crippen LogP contribution in [0.3, 0.4) is 0 Å². The van der Waals surface area contributed by atoms with E-state index >= 15 is 0 Å². The highest BCUT2D eigenvalue weighted by atomic mass is 16.7. The summed E-state index contributed by atoms with van der Waals surface area (Å²) in [4.78, 5) is 27.0. The van der Waals surface area contributed by atoms with Crippen molar-refractivity contribution in [3.05, 3.63) is 33.9 Å². The summed E-state index contributed by atoms with van der Waals surface area (Å²) in [6.07, 6.45) is 0. The Labute approximate surface area is 110 Å². The van der Waals surface area contributed by atoms with Gasteiger partial charge in [0.2, 0.25) is 5.75 Å². The van der Waals surface area contributed by atoms with E-state index in [0.29, 0.717) is 6.61 Å². The Morgan fingerprint density at radius 3 is 2.68 bits per heavy atom. The Morgan fingerprint density at radius 2 is 2.16 bits per heavy atom. The van der Waals surface area contributed by atoms with Crippen molar-refractivity contribution in [1.29, 1.82) is 0 Å². The number of amides is 1. The van der Waals surface area contributed by atoms with Crippen molar-refractivity contribution in [3.63, 3.8) is 0 Å². The lowest BCUT2D eigenvalue weighted by Crippen LogP contribution is -2.26. The number of nitrogens with one attached hydrogen (secondary N) is 1. The molecule has 1 N–H and O–H groups in total. The number of benzene rings is 1. The first-order chi connectivity index (χ1) is 8.97. The molecule has 104 valence electrons. The van der Waals surface area contributed by atoms with E-state index in [-0.39, 0.29) is 22.9 Å². The van der Waals surface area contributed by atoms with Gasteiger partial charge in [-0.25, -0.2) is 5.48 Å². The maximum Gasteiger partial charge on any atom is 0.311 e. The van der Waals surface area contributed by atoms with E-state index in [1.165, 1.54) is 25.3 Å². The molecule has 0 saturated carbocycles. The van der Waals surface area contributed by atoms with Gasteiger partial charge in [0.1, 0.15) is 0 Å². The fourth-order valence-corrected chi connectivity index (χ4v) is 1.39. The molecule has 0 spiro atoms. The van der Waals surface area contributed by atoms with Crippen LogP contribution in [0.15, 0.2) is 18.2 Å². The molecule has 0 aliphatic heterocycles. The van der Waals surface area contributed by atoms with E-state index in [4.69, 9.17) is 9.57 Å². The summed E-state index contributed by atoms with van der Waals surface area (Å²) in [5, 5.41) is 10.8. The van der Waals surface area contributed by atoms with Gasteiger partial charge in [-0.2, -0.15) is 0 Å². The minimum Gasteiger partial charge on any atom is -0.490 e. The van der Waals surface area contributed by atoms with E-state index in [1.807, 2.05) is 13.8 Å². The molecule has 1 amide bonds. The van der Waals surface area contributed by atoms with Crippen LogP contribution in [0.25, 0.3) is 0 Å². The predicted molar refractivity (Wildman–Crippen MR) is 67.9 cm³/mol. The molecule has 0 heterocycles. The number of rotatable bonds is 6. The molecule has 0 radical (unpaired) electrons. The topological polar surface area (TPSA) is 90.7 Å². The molecule has 7 heteroatoms. The van der Waals surface area contributed by atoms with Gasteiger partial charge in [0.15, 0.2) is 0 Å². The molecular formula is C12H16N2O5. The predicted octanol–water partition coefficient (Wildman–Crippen LogP) is 1.92. The summed E-state index contributed by atoms with van der Waals surface area (Å²) >= 11 is 0. The molecule has 0 unspecified atom stereocenters.